The molecule has 3 nitrogen and oxygen atoms in total. The highest BCUT2D eigenvalue weighted by molar-refractivity contribution is 7.08. The highest BCUT2D eigenvalue weighted by Crippen LogP contribution is 2.19. The first-order valence-electron chi connectivity index (χ1n) is 8.15. The van der Waals surface area contributed by atoms with E-state index in [-0.39, 0.29) is 18.3 Å². The van der Waals surface area contributed by atoms with Crippen molar-refractivity contribution in [2.24, 2.45) is 0 Å². The van der Waals surface area contributed by atoms with Crippen LogP contribution in [0.5, 0.6) is 5.75 Å². The summed E-state index contributed by atoms with van der Waals surface area (Å²) in [5, 5.41) is 6.82. The number of nitrogens with one attached hydrogen (secondary N) is 1. The van der Waals surface area contributed by atoms with Crippen LogP contribution in [0.3, 0.4) is 0 Å². The molecule has 1 aromatic heterocycles. The molecule has 1 atom stereocenters. The van der Waals surface area contributed by atoms with Gasteiger partial charge in [-0.1, -0.05) is 42.5 Å². The molecule has 132 valence electrons. The fraction of sp³-hybridized carbons (Fsp3) is 0.0952. The number of hydrogen-bond acceptors (Lipinski definition) is 3. The van der Waals surface area contributed by atoms with E-state index in [9.17, 15) is 9.18 Å². The minimum atomic E-state index is -0.428. The van der Waals surface area contributed by atoms with Crippen molar-refractivity contribution in [3.8, 4) is 5.75 Å². The van der Waals surface area contributed by atoms with Crippen LogP contribution in [0, 0.1) is 5.82 Å². The number of ether oxygens (including phenoxy) is 1. The van der Waals surface area contributed by atoms with Crippen LogP contribution >= 0.6 is 11.3 Å². The standard InChI is InChI=1S/C21H18FNO2S/c22-18-8-4-5-9-20(18)25-14-19(17-6-2-1-3-7-17)23-21(24)11-10-16-12-13-26-15-16/h1-13,15,19H,14H2,(H,23,24)/b11-10+. The van der Waals surface area contributed by atoms with E-state index >= 15 is 0 Å². The number of carbonyl (C=O) groups excluding carboxylic acids is 1. The van der Waals surface area contributed by atoms with Crippen LogP contribution in [0.4, 0.5) is 4.39 Å². The molecule has 5 heteroatoms. The third kappa shape index (κ3) is 5.04. The summed E-state index contributed by atoms with van der Waals surface area (Å²) in [4.78, 5) is 12.3. The van der Waals surface area contributed by atoms with Gasteiger partial charge in [-0.2, -0.15) is 11.3 Å². The molecule has 3 aromatic rings. The van der Waals surface area contributed by atoms with E-state index < -0.39 is 11.9 Å². The number of hydrogen-bond donors (Lipinski definition) is 1. The topological polar surface area (TPSA) is 38.3 Å². The monoisotopic (exact) mass is 367 g/mol. The van der Waals surface area contributed by atoms with Gasteiger partial charge in [-0.3, -0.25) is 4.79 Å². The Morgan fingerprint density at radius 3 is 2.62 bits per heavy atom. The van der Waals surface area contributed by atoms with Gasteiger partial charge >= 0.3 is 0 Å². The SMILES string of the molecule is O=C(/C=C/c1ccsc1)NC(COc1ccccc1F)c1ccccc1. The van der Waals surface area contributed by atoms with Crippen molar-refractivity contribution in [1.29, 1.82) is 0 Å². The van der Waals surface area contributed by atoms with E-state index in [0.29, 0.717) is 0 Å². The maximum absolute atomic E-state index is 13.8. The molecule has 0 fully saturated rings. The van der Waals surface area contributed by atoms with E-state index in [4.69, 9.17) is 4.74 Å². The van der Waals surface area contributed by atoms with E-state index in [1.54, 1.807) is 35.6 Å². The first-order chi connectivity index (χ1) is 12.7. The molecule has 0 aliphatic heterocycles. The van der Waals surface area contributed by atoms with Crippen molar-refractivity contribution in [3.05, 3.63) is 94.4 Å². The van der Waals surface area contributed by atoms with Crippen molar-refractivity contribution >= 4 is 23.3 Å². The summed E-state index contributed by atoms with van der Waals surface area (Å²) in [5.41, 5.74) is 1.87. The van der Waals surface area contributed by atoms with Gasteiger partial charge in [-0.05, 0) is 46.2 Å². The molecule has 0 radical (unpaired) electrons. The molecular formula is C21H18FNO2S. The number of rotatable bonds is 7. The third-order valence-electron chi connectivity index (χ3n) is 3.73. The average Bonchev–Trinajstić information content (AvgIpc) is 3.19. The fourth-order valence-corrected chi connectivity index (χ4v) is 3.03. The lowest BCUT2D eigenvalue weighted by Gasteiger charge is -2.19. The number of carbonyl (C=O) groups is 1. The van der Waals surface area contributed by atoms with E-state index in [2.05, 4.69) is 5.32 Å². The lowest BCUT2D eigenvalue weighted by Crippen LogP contribution is -2.31. The van der Waals surface area contributed by atoms with Crippen molar-refractivity contribution in [2.45, 2.75) is 6.04 Å². The van der Waals surface area contributed by atoms with Gasteiger partial charge in [0.05, 0.1) is 6.04 Å². The van der Waals surface area contributed by atoms with Crippen LogP contribution < -0.4 is 10.1 Å². The van der Waals surface area contributed by atoms with Crippen molar-refractivity contribution < 1.29 is 13.9 Å². The van der Waals surface area contributed by atoms with Gasteiger partial charge in [0.25, 0.3) is 0 Å². The van der Waals surface area contributed by atoms with Gasteiger partial charge in [0.2, 0.25) is 5.91 Å². The molecule has 1 N–H and O–H groups in total. The lowest BCUT2D eigenvalue weighted by molar-refractivity contribution is -0.117. The smallest absolute Gasteiger partial charge is 0.244 e. The molecule has 0 aliphatic carbocycles. The van der Waals surface area contributed by atoms with Crippen LogP contribution in [-0.4, -0.2) is 12.5 Å². The molecule has 0 aliphatic rings. The summed E-state index contributed by atoms with van der Waals surface area (Å²) >= 11 is 1.57. The largest absolute Gasteiger partial charge is 0.488 e. The number of thiophene rings is 1. The van der Waals surface area contributed by atoms with Gasteiger partial charge in [0.1, 0.15) is 6.61 Å². The Bertz CT molecular complexity index is 863. The van der Waals surface area contributed by atoms with Crippen LogP contribution in [0.15, 0.2) is 77.5 Å². The van der Waals surface area contributed by atoms with Gasteiger partial charge in [-0.15, -0.1) is 0 Å². The van der Waals surface area contributed by atoms with Crippen LogP contribution in [-0.2, 0) is 4.79 Å². The number of amides is 1. The van der Waals surface area contributed by atoms with Crippen molar-refractivity contribution in [2.75, 3.05) is 6.61 Å². The van der Waals surface area contributed by atoms with Crippen molar-refractivity contribution in [3.63, 3.8) is 0 Å². The first-order valence-corrected chi connectivity index (χ1v) is 9.10. The second kappa shape index (κ2) is 8.97. The van der Waals surface area contributed by atoms with Gasteiger partial charge in [0.15, 0.2) is 11.6 Å². The average molecular weight is 367 g/mol. The molecule has 1 amide bonds. The molecule has 26 heavy (non-hydrogen) atoms. The summed E-state index contributed by atoms with van der Waals surface area (Å²) in [5.74, 6) is -0.498. The van der Waals surface area contributed by atoms with Crippen LogP contribution in [0.2, 0.25) is 0 Å². The minimum absolute atomic E-state index is 0.128. The van der Waals surface area contributed by atoms with Gasteiger partial charge < -0.3 is 10.1 Å². The molecule has 0 bridgehead atoms. The van der Waals surface area contributed by atoms with E-state index in [1.165, 1.54) is 12.1 Å². The summed E-state index contributed by atoms with van der Waals surface area (Å²) in [7, 11) is 0. The Morgan fingerprint density at radius 2 is 1.88 bits per heavy atom. The quantitative estimate of drug-likeness (QED) is 0.607. The Morgan fingerprint density at radius 1 is 1.12 bits per heavy atom. The normalized spacial score (nSPS) is 12.0. The second-order valence-corrected chi connectivity index (χ2v) is 6.38. The predicted octanol–water partition coefficient (Wildman–Crippen LogP) is 4.84. The van der Waals surface area contributed by atoms with Crippen molar-refractivity contribution in [1.82, 2.24) is 5.32 Å². The van der Waals surface area contributed by atoms with Gasteiger partial charge in [-0.25, -0.2) is 4.39 Å². The molecule has 0 spiro atoms. The molecule has 2 aromatic carbocycles. The Labute approximate surface area is 155 Å². The van der Waals surface area contributed by atoms with E-state index in [0.717, 1.165) is 11.1 Å². The predicted molar refractivity (Wildman–Crippen MR) is 103 cm³/mol. The minimum Gasteiger partial charge on any atom is -0.488 e. The fourth-order valence-electron chi connectivity index (χ4n) is 2.40. The Kier molecular flexibility index (Phi) is 6.17. The molecule has 0 saturated carbocycles. The number of benzene rings is 2. The zero-order valence-corrected chi connectivity index (χ0v) is 14.8. The molecule has 1 unspecified atom stereocenters. The summed E-state index contributed by atoms with van der Waals surface area (Å²) in [6.45, 7) is 0.128. The summed E-state index contributed by atoms with van der Waals surface area (Å²) in [6, 6.07) is 17.2. The third-order valence-corrected chi connectivity index (χ3v) is 4.43. The maximum atomic E-state index is 13.8. The molecule has 1 heterocycles. The zero-order chi connectivity index (χ0) is 18.2. The van der Waals surface area contributed by atoms with Crippen LogP contribution in [0.1, 0.15) is 17.2 Å². The number of halogens is 1. The molecule has 0 saturated heterocycles. The van der Waals surface area contributed by atoms with E-state index in [1.807, 2.05) is 47.2 Å². The van der Waals surface area contributed by atoms with Gasteiger partial charge in [0, 0.05) is 6.08 Å². The zero-order valence-electron chi connectivity index (χ0n) is 14.0. The first kappa shape index (κ1) is 17.9. The Hall–Kier alpha value is -2.92. The summed E-state index contributed by atoms with van der Waals surface area (Å²) < 4.78 is 19.4. The van der Waals surface area contributed by atoms with Crippen LogP contribution in [0.25, 0.3) is 6.08 Å². The second-order valence-electron chi connectivity index (χ2n) is 5.60. The highest BCUT2D eigenvalue weighted by Gasteiger charge is 2.15. The molecular weight excluding hydrogens is 349 g/mol. The Balaban J connectivity index is 1.69. The molecule has 3 rings (SSSR count). The summed E-state index contributed by atoms with van der Waals surface area (Å²) in [6.07, 6.45) is 3.24. The maximum Gasteiger partial charge on any atom is 0.244 e. The number of para-hydroxylation sites is 1. The lowest BCUT2D eigenvalue weighted by atomic mass is 10.1. The highest BCUT2D eigenvalue weighted by atomic mass is 32.1.